The standard InChI is InChI=1S/C20H19N5O3/c21-20(26)14-1-2-15-12-22-13-19(18(15)11-14)24-9-7-23(8-10-24)16-3-5-17(6-4-16)25(27)28/h1-6,11-13H,7-10H2,(H2,21,26). The van der Waals surface area contributed by atoms with E-state index in [1.807, 2.05) is 18.3 Å². The van der Waals surface area contributed by atoms with Crippen molar-refractivity contribution >= 4 is 33.7 Å². The Kier molecular flexibility index (Phi) is 4.52. The summed E-state index contributed by atoms with van der Waals surface area (Å²) in [4.78, 5) is 30.7. The van der Waals surface area contributed by atoms with Gasteiger partial charge in [-0.05, 0) is 24.3 Å². The first-order valence-corrected chi connectivity index (χ1v) is 8.95. The Morgan fingerprint density at radius 1 is 1.00 bits per heavy atom. The van der Waals surface area contributed by atoms with Crippen molar-refractivity contribution in [2.75, 3.05) is 36.0 Å². The molecule has 0 spiro atoms. The van der Waals surface area contributed by atoms with Gasteiger partial charge in [0.2, 0.25) is 5.91 Å². The number of non-ortho nitro benzene ring substituents is 1. The predicted octanol–water partition coefficient (Wildman–Crippen LogP) is 2.57. The molecule has 28 heavy (non-hydrogen) atoms. The highest BCUT2D eigenvalue weighted by Crippen LogP contribution is 2.29. The number of nitro groups is 1. The lowest BCUT2D eigenvalue weighted by atomic mass is 10.1. The molecular formula is C20H19N5O3. The van der Waals surface area contributed by atoms with E-state index in [4.69, 9.17) is 5.73 Å². The second kappa shape index (κ2) is 7.15. The fourth-order valence-corrected chi connectivity index (χ4v) is 3.54. The molecule has 2 heterocycles. The monoisotopic (exact) mass is 377 g/mol. The molecule has 2 N–H and O–H groups in total. The van der Waals surface area contributed by atoms with Crippen molar-refractivity contribution in [3.8, 4) is 0 Å². The molecule has 4 rings (SSSR count). The Morgan fingerprint density at radius 2 is 1.68 bits per heavy atom. The molecule has 0 radical (unpaired) electrons. The van der Waals surface area contributed by atoms with Crippen LogP contribution in [0.15, 0.2) is 54.9 Å². The number of piperazine rings is 1. The molecule has 0 aliphatic carbocycles. The van der Waals surface area contributed by atoms with Gasteiger partial charge in [0.15, 0.2) is 0 Å². The lowest BCUT2D eigenvalue weighted by molar-refractivity contribution is -0.384. The van der Waals surface area contributed by atoms with Crippen molar-refractivity contribution in [1.29, 1.82) is 0 Å². The Balaban J connectivity index is 1.54. The molecule has 0 bridgehead atoms. The minimum Gasteiger partial charge on any atom is -0.368 e. The average Bonchev–Trinajstić information content (AvgIpc) is 2.73. The second-order valence-corrected chi connectivity index (χ2v) is 6.71. The van der Waals surface area contributed by atoms with E-state index in [-0.39, 0.29) is 5.69 Å². The van der Waals surface area contributed by atoms with Crippen LogP contribution >= 0.6 is 0 Å². The van der Waals surface area contributed by atoms with Gasteiger partial charge in [0, 0.05) is 66.5 Å². The Hall–Kier alpha value is -3.68. The summed E-state index contributed by atoms with van der Waals surface area (Å²) in [5.41, 5.74) is 7.94. The molecule has 0 unspecified atom stereocenters. The molecule has 8 nitrogen and oxygen atoms in total. The average molecular weight is 377 g/mol. The van der Waals surface area contributed by atoms with Crippen LogP contribution in [0.2, 0.25) is 0 Å². The molecule has 2 aromatic carbocycles. The van der Waals surface area contributed by atoms with Crippen LogP contribution in [0.4, 0.5) is 17.1 Å². The van der Waals surface area contributed by atoms with Crippen molar-refractivity contribution in [3.05, 3.63) is 70.5 Å². The second-order valence-electron chi connectivity index (χ2n) is 6.71. The molecular weight excluding hydrogens is 358 g/mol. The third kappa shape index (κ3) is 3.32. The van der Waals surface area contributed by atoms with Crippen molar-refractivity contribution in [1.82, 2.24) is 4.98 Å². The van der Waals surface area contributed by atoms with E-state index < -0.39 is 10.8 Å². The van der Waals surface area contributed by atoms with E-state index in [2.05, 4.69) is 14.8 Å². The van der Waals surface area contributed by atoms with Gasteiger partial charge in [-0.3, -0.25) is 19.9 Å². The molecule has 0 saturated carbocycles. The molecule has 8 heteroatoms. The number of primary amides is 1. The van der Waals surface area contributed by atoms with E-state index in [0.717, 1.165) is 48.3 Å². The summed E-state index contributed by atoms with van der Waals surface area (Å²) in [6, 6.07) is 12.0. The molecule has 1 aliphatic heterocycles. The third-order valence-electron chi connectivity index (χ3n) is 5.07. The third-order valence-corrected chi connectivity index (χ3v) is 5.07. The van der Waals surface area contributed by atoms with Gasteiger partial charge in [-0.2, -0.15) is 0 Å². The zero-order valence-corrected chi connectivity index (χ0v) is 15.1. The van der Waals surface area contributed by atoms with E-state index in [1.54, 1.807) is 24.4 Å². The molecule has 0 atom stereocenters. The normalized spacial score (nSPS) is 14.3. The molecule has 142 valence electrons. The van der Waals surface area contributed by atoms with Crippen LogP contribution in [0.5, 0.6) is 0 Å². The van der Waals surface area contributed by atoms with E-state index >= 15 is 0 Å². The summed E-state index contributed by atoms with van der Waals surface area (Å²) in [5.74, 6) is -0.451. The maximum Gasteiger partial charge on any atom is 0.269 e. The minimum absolute atomic E-state index is 0.0921. The zero-order valence-electron chi connectivity index (χ0n) is 15.1. The van der Waals surface area contributed by atoms with Gasteiger partial charge >= 0.3 is 0 Å². The van der Waals surface area contributed by atoms with E-state index in [1.165, 1.54) is 12.1 Å². The van der Waals surface area contributed by atoms with Crippen LogP contribution in [0.3, 0.4) is 0 Å². The fourth-order valence-electron chi connectivity index (χ4n) is 3.54. The maximum atomic E-state index is 11.5. The summed E-state index contributed by atoms with van der Waals surface area (Å²) in [6.45, 7) is 3.12. The van der Waals surface area contributed by atoms with Crippen molar-refractivity contribution in [2.24, 2.45) is 5.73 Å². The quantitative estimate of drug-likeness (QED) is 0.553. The number of pyridine rings is 1. The summed E-state index contributed by atoms with van der Waals surface area (Å²) in [7, 11) is 0. The maximum absolute atomic E-state index is 11.5. The lowest BCUT2D eigenvalue weighted by Crippen LogP contribution is -2.46. The number of hydrogen-bond acceptors (Lipinski definition) is 6. The van der Waals surface area contributed by atoms with Crippen LogP contribution in [0.1, 0.15) is 10.4 Å². The fraction of sp³-hybridized carbons (Fsp3) is 0.200. The lowest BCUT2D eigenvalue weighted by Gasteiger charge is -2.37. The Labute approximate surface area is 161 Å². The molecule has 1 saturated heterocycles. The van der Waals surface area contributed by atoms with Crippen molar-refractivity contribution in [3.63, 3.8) is 0 Å². The highest BCUT2D eigenvalue weighted by molar-refractivity contribution is 6.01. The number of hydrogen-bond donors (Lipinski definition) is 1. The predicted molar refractivity (Wildman–Crippen MR) is 108 cm³/mol. The number of benzene rings is 2. The first kappa shape index (κ1) is 17.7. The highest BCUT2D eigenvalue weighted by atomic mass is 16.6. The number of nitrogens with zero attached hydrogens (tertiary/aromatic N) is 4. The van der Waals surface area contributed by atoms with Crippen molar-refractivity contribution < 1.29 is 9.72 Å². The van der Waals surface area contributed by atoms with Gasteiger partial charge in [-0.15, -0.1) is 0 Å². The SMILES string of the molecule is NC(=O)c1ccc2cncc(N3CCN(c4ccc([N+](=O)[O-])cc4)CC3)c2c1. The molecule has 1 amide bonds. The van der Waals surface area contributed by atoms with Crippen LogP contribution in [-0.4, -0.2) is 42.0 Å². The zero-order chi connectivity index (χ0) is 19.7. The van der Waals surface area contributed by atoms with E-state index in [9.17, 15) is 14.9 Å². The van der Waals surface area contributed by atoms with Crippen molar-refractivity contribution in [2.45, 2.75) is 0 Å². The van der Waals surface area contributed by atoms with Crippen LogP contribution in [-0.2, 0) is 0 Å². The first-order chi connectivity index (χ1) is 13.5. The molecule has 1 aliphatic rings. The topological polar surface area (TPSA) is 106 Å². The molecule has 1 aromatic heterocycles. The number of anilines is 2. The highest BCUT2D eigenvalue weighted by Gasteiger charge is 2.20. The summed E-state index contributed by atoms with van der Waals surface area (Å²) >= 11 is 0. The van der Waals surface area contributed by atoms with Gasteiger partial charge in [0.1, 0.15) is 0 Å². The van der Waals surface area contributed by atoms with Gasteiger partial charge < -0.3 is 15.5 Å². The Morgan fingerprint density at radius 3 is 2.32 bits per heavy atom. The number of nitro benzene ring substituents is 1. The molecule has 1 fully saturated rings. The largest absolute Gasteiger partial charge is 0.368 e. The number of rotatable bonds is 4. The minimum atomic E-state index is -0.451. The first-order valence-electron chi connectivity index (χ1n) is 8.95. The number of aromatic nitrogens is 1. The number of amides is 1. The van der Waals surface area contributed by atoms with Crippen LogP contribution in [0.25, 0.3) is 10.8 Å². The van der Waals surface area contributed by atoms with Gasteiger partial charge in [0.25, 0.3) is 5.69 Å². The summed E-state index contributed by atoms with van der Waals surface area (Å²) < 4.78 is 0. The number of carbonyl (C=O) groups excluding carboxylic acids is 1. The van der Waals surface area contributed by atoms with Gasteiger partial charge in [-0.25, -0.2) is 0 Å². The number of nitrogens with two attached hydrogens (primary N) is 1. The van der Waals surface area contributed by atoms with Gasteiger partial charge in [0.05, 0.1) is 16.8 Å². The number of carbonyl (C=O) groups is 1. The van der Waals surface area contributed by atoms with Crippen LogP contribution in [0, 0.1) is 10.1 Å². The molecule has 3 aromatic rings. The van der Waals surface area contributed by atoms with Gasteiger partial charge in [-0.1, -0.05) is 6.07 Å². The Bertz CT molecular complexity index is 1040. The van der Waals surface area contributed by atoms with Crippen LogP contribution < -0.4 is 15.5 Å². The smallest absolute Gasteiger partial charge is 0.269 e. The number of fused-ring (bicyclic) bond motifs is 1. The van der Waals surface area contributed by atoms with E-state index in [0.29, 0.717) is 5.56 Å². The summed E-state index contributed by atoms with van der Waals surface area (Å²) in [6.07, 6.45) is 3.59. The summed E-state index contributed by atoms with van der Waals surface area (Å²) in [5, 5.41) is 12.7.